The van der Waals surface area contributed by atoms with Gasteiger partial charge in [0.1, 0.15) is 23.8 Å². The van der Waals surface area contributed by atoms with Crippen molar-refractivity contribution >= 4 is 22.4 Å². The highest BCUT2D eigenvalue weighted by Crippen LogP contribution is 2.27. The molecule has 0 amide bonds. The number of hydrogen-bond acceptors (Lipinski definition) is 7. The van der Waals surface area contributed by atoms with Crippen LogP contribution in [0.5, 0.6) is 11.5 Å². The van der Waals surface area contributed by atoms with E-state index in [-0.39, 0.29) is 5.56 Å². The second-order valence-electron chi connectivity index (χ2n) is 10.1. The molecule has 0 spiro atoms. The molecular formula is C33H29N5O3S. The second-order valence-corrected chi connectivity index (χ2v) is 11.1. The van der Waals surface area contributed by atoms with Crippen LogP contribution < -0.4 is 19.6 Å². The van der Waals surface area contributed by atoms with Crippen LogP contribution in [0, 0.1) is 5.92 Å². The lowest BCUT2D eigenvalue weighted by molar-refractivity contribution is 0.271. The van der Waals surface area contributed by atoms with E-state index in [1.54, 1.807) is 6.08 Å². The Morgan fingerprint density at radius 3 is 2.26 bits per heavy atom. The molecule has 0 atom stereocenters. The zero-order chi connectivity index (χ0) is 29.1. The van der Waals surface area contributed by atoms with E-state index in [0.29, 0.717) is 34.4 Å². The van der Waals surface area contributed by atoms with Crippen molar-refractivity contribution in [1.82, 2.24) is 24.4 Å². The van der Waals surface area contributed by atoms with Gasteiger partial charge in [-0.05, 0) is 72.7 Å². The molecule has 9 heteroatoms. The van der Waals surface area contributed by atoms with Gasteiger partial charge in [0.25, 0.3) is 5.56 Å². The first-order valence-corrected chi connectivity index (χ1v) is 14.4. The summed E-state index contributed by atoms with van der Waals surface area (Å²) >= 11 is 1.30. The average Bonchev–Trinajstić information content (AvgIpc) is 3.71. The van der Waals surface area contributed by atoms with Gasteiger partial charge in [-0.25, -0.2) is 4.68 Å². The lowest BCUT2D eigenvalue weighted by Crippen LogP contribution is -2.23. The number of fused-ring (bicyclic) bond motifs is 1. The van der Waals surface area contributed by atoms with Gasteiger partial charge in [0.15, 0.2) is 5.82 Å². The lowest BCUT2D eigenvalue weighted by atomic mass is 10.1. The van der Waals surface area contributed by atoms with Gasteiger partial charge in [-0.1, -0.05) is 56.0 Å². The first kappa shape index (κ1) is 27.2. The van der Waals surface area contributed by atoms with Crippen LogP contribution in [0.1, 0.15) is 19.4 Å². The van der Waals surface area contributed by atoms with E-state index in [2.05, 4.69) is 30.5 Å². The van der Waals surface area contributed by atoms with Crippen LogP contribution in [0.15, 0.2) is 103 Å². The number of para-hydroxylation sites is 1. The fourth-order valence-electron chi connectivity index (χ4n) is 4.35. The van der Waals surface area contributed by atoms with E-state index in [1.807, 2.05) is 95.8 Å². The summed E-state index contributed by atoms with van der Waals surface area (Å²) in [4.78, 5) is 18.6. The van der Waals surface area contributed by atoms with E-state index in [4.69, 9.17) is 14.6 Å². The SMILES string of the molecule is C=CCOc1ccc(-c2nc3sc(=Cc4cn(-c5ccccc5)nc4-c4ccc(OCC(C)C)cc4)c(=O)n3n2)cc1. The Labute approximate surface area is 246 Å². The third-order valence-corrected chi connectivity index (χ3v) is 7.38. The van der Waals surface area contributed by atoms with Crippen LogP contribution in [0.2, 0.25) is 0 Å². The van der Waals surface area contributed by atoms with E-state index in [1.165, 1.54) is 15.9 Å². The Hall–Kier alpha value is -5.02. The summed E-state index contributed by atoms with van der Waals surface area (Å²) in [6.07, 6.45) is 5.49. The fraction of sp³-hybridized carbons (Fsp3) is 0.152. The molecule has 210 valence electrons. The Morgan fingerprint density at radius 1 is 0.905 bits per heavy atom. The van der Waals surface area contributed by atoms with Crippen molar-refractivity contribution < 1.29 is 9.47 Å². The van der Waals surface area contributed by atoms with Crippen LogP contribution in [-0.4, -0.2) is 37.6 Å². The molecule has 0 saturated heterocycles. The van der Waals surface area contributed by atoms with Crippen LogP contribution in [0.3, 0.4) is 0 Å². The molecule has 42 heavy (non-hydrogen) atoms. The van der Waals surface area contributed by atoms with Crippen LogP contribution >= 0.6 is 11.3 Å². The zero-order valence-corrected chi connectivity index (χ0v) is 24.1. The zero-order valence-electron chi connectivity index (χ0n) is 23.3. The standard InChI is InChI=1S/C33H29N5O3S/c1-4-18-40-27-16-12-24(13-17-27)31-34-33-38(36-31)32(39)29(42-33)19-25-20-37(26-8-6-5-7-9-26)35-30(25)23-10-14-28(15-11-23)41-21-22(2)3/h4-17,19-20,22H,1,18,21H2,2-3H3. The minimum atomic E-state index is -0.226. The number of rotatable bonds is 10. The largest absolute Gasteiger partial charge is 0.493 e. The summed E-state index contributed by atoms with van der Waals surface area (Å²) in [5.41, 5.74) is 3.98. The molecule has 3 aromatic heterocycles. The molecule has 0 aliphatic carbocycles. The van der Waals surface area contributed by atoms with Crippen molar-refractivity contribution in [3.8, 4) is 39.8 Å². The van der Waals surface area contributed by atoms with E-state index < -0.39 is 0 Å². The third-order valence-electron chi connectivity index (χ3n) is 6.42. The highest BCUT2D eigenvalue weighted by atomic mass is 32.1. The molecule has 0 N–H and O–H groups in total. The molecule has 0 bridgehead atoms. The number of hydrogen-bond donors (Lipinski definition) is 0. The average molecular weight is 576 g/mol. The molecule has 8 nitrogen and oxygen atoms in total. The minimum absolute atomic E-state index is 0.226. The van der Waals surface area contributed by atoms with Gasteiger partial charge < -0.3 is 9.47 Å². The molecule has 0 radical (unpaired) electrons. The highest BCUT2D eigenvalue weighted by molar-refractivity contribution is 7.15. The minimum Gasteiger partial charge on any atom is -0.493 e. The summed E-state index contributed by atoms with van der Waals surface area (Å²) in [6, 6.07) is 25.2. The summed E-state index contributed by atoms with van der Waals surface area (Å²) in [5.74, 6) is 2.46. The van der Waals surface area contributed by atoms with E-state index >= 15 is 0 Å². The summed E-state index contributed by atoms with van der Waals surface area (Å²) in [5, 5.41) is 9.40. The molecule has 0 fully saturated rings. The highest BCUT2D eigenvalue weighted by Gasteiger charge is 2.15. The maximum absolute atomic E-state index is 13.4. The lowest BCUT2D eigenvalue weighted by Gasteiger charge is -2.09. The van der Waals surface area contributed by atoms with Gasteiger partial charge in [0, 0.05) is 22.9 Å². The molecule has 6 rings (SSSR count). The van der Waals surface area contributed by atoms with Gasteiger partial charge in [0.05, 0.1) is 16.8 Å². The Kier molecular flexibility index (Phi) is 7.66. The third kappa shape index (κ3) is 5.73. The predicted molar refractivity (Wildman–Crippen MR) is 166 cm³/mol. The maximum atomic E-state index is 13.4. The van der Waals surface area contributed by atoms with Crippen molar-refractivity contribution in [1.29, 1.82) is 0 Å². The number of ether oxygens (including phenoxy) is 2. The number of nitrogens with zero attached hydrogens (tertiary/aromatic N) is 5. The Balaban J connectivity index is 1.36. The van der Waals surface area contributed by atoms with Crippen molar-refractivity contribution in [3.05, 3.63) is 118 Å². The van der Waals surface area contributed by atoms with E-state index in [0.717, 1.165) is 39.6 Å². The first-order chi connectivity index (χ1) is 20.5. The molecule has 6 aromatic rings. The quantitative estimate of drug-likeness (QED) is 0.192. The molecule has 0 unspecified atom stereocenters. The topological polar surface area (TPSA) is 83.5 Å². The van der Waals surface area contributed by atoms with Crippen LogP contribution in [0.25, 0.3) is 39.4 Å². The normalized spacial score (nSPS) is 11.8. The van der Waals surface area contributed by atoms with Crippen molar-refractivity contribution in [3.63, 3.8) is 0 Å². The smallest absolute Gasteiger partial charge is 0.291 e. The monoisotopic (exact) mass is 575 g/mol. The van der Waals surface area contributed by atoms with Gasteiger partial charge in [-0.2, -0.15) is 14.6 Å². The van der Waals surface area contributed by atoms with Crippen molar-refractivity contribution in [2.75, 3.05) is 13.2 Å². The molecule has 0 aliphatic heterocycles. The van der Waals surface area contributed by atoms with Gasteiger partial charge in [-0.3, -0.25) is 4.79 Å². The van der Waals surface area contributed by atoms with Crippen LogP contribution in [-0.2, 0) is 0 Å². The number of benzene rings is 3. The number of thiazole rings is 1. The van der Waals surface area contributed by atoms with Gasteiger partial charge in [0.2, 0.25) is 4.96 Å². The van der Waals surface area contributed by atoms with Crippen molar-refractivity contribution in [2.45, 2.75) is 13.8 Å². The number of aromatic nitrogens is 5. The molecule has 0 saturated carbocycles. The molecule has 3 heterocycles. The van der Waals surface area contributed by atoms with Crippen LogP contribution in [0.4, 0.5) is 0 Å². The molecular weight excluding hydrogens is 546 g/mol. The molecule has 0 aliphatic rings. The summed E-state index contributed by atoms with van der Waals surface area (Å²) < 4.78 is 15.1. The maximum Gasteiger partial charge on any atom is 0.291 e. The second kappa shape index (κ2) is 11.8. The summed E-state index contributed by atoms with van der Waals surface area (Å²) in [7, 11) is 0. The Morgan fingerprint density at radius 2 is 1.60 bits per heavy atom. The fourth-order valence-corrected chi connectivity index (χ4v) is 5.25. The van der Waals surface area contributed by atoms with Crippen molar-refractivity contribution in [2.24, 2.45) is 5.92 Å². The predicted octanol–water partition coefficient (Wildman–Crippen LogP) is 5.82. The van der Waals surface area contributed by atoms with Gasteiger partial charge in [-0.15, -0.1) is 5.10 Å². The van der Waals surface area contributed by atoms with Gasteiger partial charge >= 0.3 is 0 Å². The first-order valence-electron chi connectivity index (χ1n) is 13.6. The summed E-state index contributed by atoms with van der Waals surface area (Å²) in [6.45, 7) is 8.98. The van der Waals surface area contributed by atoms with E-state index in [9.17, 15) is 4.79 Å². The molecule has 3 aromatic carbocycles. The Bertz CT molecular complexity index is 1940.